The molecule has 1 aromatic heterocycles. The molecule has 1 amide bonds. The van der Waals surface area contributed by atoms with Gasteiger partial charge in [-0.05, 0) is 55.9 Å². The first-order chi connectivity index (χ1) is 10.5. The molecule has 114 valence electrons. The van der Waals surface area contributed by atoms with Gasteiger partial charge in [0.1, 0.15) is 5.82 Å². The second kappa shape index (κ2) is 5.79. The molecule has 1 aromatic carbocycles. The zero-order valence-corrected chi connectivity index (χ0v) is 13.0. The van der Waals surface area contributed by atoms with Gasteiger partial charge >= 0.3 is 0 Å². The van der Waals surface area contributed by atoms with Crippen molar-refractivity contribution < 1.29 is 4.79 Å². The van der Waals surface area contributed by atoms with Crippen molar-refractivity contribution in [1.29, 1.82) is 0 Å². The van der Waals surface area contributed by atoms with Crippen molar-refractivity contribution in [2.45, 2.75) is 39.2 Å². The molecule has 22 heavy (non-hydrogen) atoms. The number of nitrogens with one attached hydrogen (secondary N) is 1. The summed E-state index contributed by atoms with van der Waals surface area (Å²) in [5, 5.41) is 3.12. The maximum Gasteiger partial charge on any atom is 0.255 e. The summed E-state index contributed by atoms with van der Waals surface area (Å²) in [6, 6.07) is 10.5. The summed E-state index contributed by atoms with van der Waals surface area (Å²) in [4.78, 5) is 16.7. The van der Waals surface area contributed by atoms with Crippen molar-refractivity contribution in [1.82, 2.24) is 10.3 Å². The molecule has 3 N–H and O–H groups in total. The van der Waals surface area contributed by atoms with Crippen LogP contribution in [-0.4, -0.2) is 16.9 Å². The molecule has 2 aromatic rings. The van der Waals surface area contributed by atoms with Crippen LogP contribution in [0.3, 0.4) is 0 Å². The van der Waals surface area contributed by atoms with Gasteiger partial charge in [-0.25, -0.2) is 4.98 Å². The molecule has 0 radical (unpaired) electrons. The molecule has 1 aliphatic rings. The Kier molecular flexibility index (Phi) is 3.84. The third kappa shape index (κ3) is 2.82. The zero-order valence-electron chi connectivity index (χ0n) is 13.0. The van der Waals surface area contributed by atoms with Crippen LogP contribution in [-0.2, 0) is 12.8 Å². The van der Waals surface area contributed by atoms with E-state index in [1.165, 1.54) is 11.1 Å². The smallest absolute Gasteiger partial charge is 0.255 e. The van der Waals surface area contributed by atoms with E-state index in [0.29, 0.717) is 11.4 Å². The number of aryl methyl sites for hydroxylation is 3. The Balaban J connectivity index is 1.76. The molecule has 0 fully saturated rings. The summed E-state index contributed by atoms with van der Waals surface area (Å²) in [7, 11) is 0. The van der Waals surface area contributed by atoms with Crippen LogP contribution in [0.25, 0.3) is 0 Å². The quantitative estimate of drug-likeness (QED) is 0.894. The maximum absolute atomic E-state index is 12.5. The lowest BCUT2D eigenvalue weighted by Crippen LogP contribution is -2.39. The highest BCUT2D eigenvalue weighted by molar-refractivity contribution is 6.00. The highest BCUT2D eigenvalue weighted by Gasteiger charge is 2.22. The maximum atomic E-state index is 12.5. The van der Waals surface area contributed by atoms with E-state index < -0.39 is 0 Å². The van der Waals surface area contributed by atoms with Crippen LogP contribution in [0.1, 0.15) is 39.2 Å². The molecule has 0 bridgehead atoms. The van der Waals surface area contributed by atoms with E-state index in [1.807, 2.05) is 19.9 Å². The number of carbonyl (C=O) groups excluding carboxylic acids is 1. The topological polar surface area (TPSA) is 68.0 Å². The number of hydrogen-bond donors (Lipinski definition) is 2. The third-order valence-electron chi connectivity index (χ3n) is 4.28. The Morgan fingerprint density at radius 2 is 2.00 bits per heavy atom. The minimum Gasteiger partial charge on any atom is -0.383 e. The molecule has 0 spiro atoms. The van der Waals surface area contributed by atoms with Gasteiger partial charge in [-0.3, -0.25) is 4.79 Å². The van der Waals surface area contributed by atoms with Crippen LogP contribution < -0.4 is 11.1 Å². The van der Waals surface area contributed by atoms with Crippen LogP contribution in [0.4, 0.5) is 5.82 Å². The lowest BCUT2D eigenvalue weighted by molar-refractivity contribution is 0.0933. The highest BCUT2D eigenvalue weighted by Crippen LogP contribution is 2.22. The van der Waals surface area contributed by atoms with E-state index >= 15 is 0 Å². The number of anilines is 1. The van der Waals surface area contributed by atoms with Gasteiger partial charge in [0.15, 0.2) is 0 Å². The number of hydrogen-bond acceptors (Lipinski definition) is 3. The lowest BCUT2D eigenvalue weighted by Gasteiger charge is -2.26. The van der Waals surface area contributed by atoms with Crippen molar-refractivity contribution in [2.24, 2.45) is 0 Å². The van der Waals surface area contributed by atoms with Crippen molar-refractivity contribution in [3.63, 3.8) is 0 Å². The summed E-state index contributed by atoms with van der Waals surface area (Å²) in [6.07, 6.45) is 2.84. The summed E-state index contributed by atoms with van der Waals surface area (Å²) in [5.41, 5.74) is 10.9. The second-order valence-corrected chi connectivity index (χ2v) is 6.02. The number of fused-ring (bicyclic) bond motifs is 1. The molecule has 1 aliphatic carbocycles. The monoisotopic (exact) mass is 295 g/mol. The molecule has 3 rings (SSSR count). The largest absolute Gasteiger partial charge is 0.383 e. The number of nitrogens with zero attached hydrogens (tertiary/aromatic N) is 1. The average Bonchev–Trinajstić information content (AvgIpc) is 2.46. The number of rotatable bonds is 2. The molecule has 4 heteroatoms. The van der Waals surface area contributed by atoms with Crippen molar-refractivity contribution in [3.05, 3.63) is 58.3 Å². The molecule has 1 heterocycles. The number of benzene rings is 1. The summed E-state index contributed by atoms with van der Waals surface area (Å²) in [6.45, 7) is 3.78. The molecule has 0 aliphatic heterocycles. The third-order valence-corrected chi connectivity index (χ3v) is 4.28. The lowest BCUT2D eigenvalue weighted by atomic mass is 9.88. The van der Waals surface area contributed by atoms with E-state index in [-0.39, 0.29) is 11.9 Å². The normalized spacial score (nSPS) is 16.9. The molecule has 0 saturated carbocycles. The fraction of sp³-hybridized carbons (Fsp3) is 0.333. The molecular weight excluding hydrogens is 274 g/mol. The van der Waals surface area contributed by atoms with Gasteiger partial charge in [0.05, 0.1) is 5.56 Å². The van der Waals surface area contributed by atoms with Crippen LogP contribution in [0.2, 0.25) is 0 Å². The molecule has 0 saturated heterocycles. The number of carbonyl (C=O) groups is 1. The number of aromatic nitrogens is 1. The van der Waals surface area contributed by atoms with Crippen LogP contribution in [0, 0.1) is 13.8 Å². The van der Waals surface area contributed by atoms with Gasteiger partial charge in [0.25, 0.3) is 5.91 Å². The predicted octanol–water partition coefficient (Wildman–Crippen LogP) is 2.57. The second-order valence-electron chi connectivity index (χ2n) is 6.02. The minimum atomic E-state index is -0.119. The van der Waals surface area contributed by atoms with Crippen molar-refractivity contribution >= 4 is 11.7 Å². The minimum absolute atomic E-state index is 0.119. The SMILES string of the molecule is Cc1cc(C)c(C(=O)NC2CCc3ccccc3C2)c(N)n1. The number of nitrogen functional groups attached to an aromatic ring is 1. The average molecular weight is 295 g/mol. The molecular formula is C18H21N3O. The van der Waals surface area contributed by atoms with E-state index in [0.717, 1.165) is 30.5 Å². The van der Waals surface area contributed by atoms with Gasteiger partial charge in [-0.15, -0.1) is 0 Å². The van der Waals surface area contributed by atoms with E-state index in [4.69, 9.17) is 5.73 Å². The van der Waals surface area contributed by atoms with Crippen molar-refractivity contribution in [2.75, 3.05) is 5.73 Å². The fourth-order valence-electron chi connectivity index (χ4n) is 3.24. The van der Waals surface area contributed by atoms with Crippen LogP contribution in [0.5, 0.6) is 0 Å². The first-order valence-corrected chi connectivity index (χ1v) is 7.66. The predicted molar refractivity (Wildman–Crippen MR) is 87.8 cm³/mol. The van der Waals surface area contributed by atoms with Gasteiger partial charge in [0, 0.05) is 11.7 Å². The molecule has 1 atom stereocenters. The van der Waals surface area contributed by atoms with Crippen LogP contribution >= 0.6 is 0 Å². The first-order valence-electron chi connectivity index (χ1n) is 7.66. The summed E-state index contributed by atoms with van der Waals surface area (Å²) in [5.74, 6) is 0.193. The standard InChI is InChI=1S/C18H21N3O/c1-11-9-12(2)20-17(19)16(11)18(22)21-15-8-7-13-5-3-4-6-14(13)10-15/h3-6,9,15H,7-8,10H2,1-2H3,(H2,19,20)(H,21,22). The van der Waals surface area contributed by atoms with Gasteiger partial charge in [0.2, 0.25) is 0 Å². The Bertz CT molecular complexity index is 701. The first kappa shape index (κ1) is 14.6. The van der Waals surface area contributed by atoms with Gasteiger partial charge in [-0.1, -0.05) is 24.3 Å². The van der Waals surface area contributed by atoms with Gasteiger partial charge in [-0.2, -0.15) is 0 Å². The number of amides is 1. The Hall–Kier alpha value is -2.36. The molecule has 4 nitrogen and oxygen atoms in total. The van der Waals surface area contributed by atoms with E-state index in [1.54, 1.807) is 0 Å². The summed E-state index contributed by atoms with van der Waals surface area (Å²) < 4.78 is 0. The zero-order chi connectivity index (χ0) is 15.7. The Morgan fingerprint density at radius 3 is 2.73 bits per heavy atom. The summed E-state index contributed by atoms with van der Waals surface area (Å²) >= 11 is 0. The Morgan fingerprint density at radius 1 is 1.27 bits per heavy atom. The van der Waals surface area contributed by atoms with E-state index in [2.05, 4.69) is 34.6 Å². The fourth-order valence-corrected chi connectivity index (χ4v) is 3.24. The Labute approximate surface area is 130 Å². The highest BCUT2D eigenvalue weighted by atomic mass is 16.1. The molecule has 1 unspecified atom stereocenters. The number of pyridine rings is 1. The van der Waals surface area contributed by atoms with Gasteiger partial charge < -0.3 is 11.1 Å². The van der Waals surface area contributed by atoms with Crippen molar-refractivity contribution in [3.8, 4) is 0 Å². The van der Waals surface area contributed by atoms with E-state index in [9.17, 15) is 4.79 Å². The number of nitrogens with two attached hydrogens (primary N) is 1. The van der Waals surface area contributed by atoms with Crippen LogP contribution in [0.15, 0.2) is 30.3 Å².